The van der Waals surface area contributed by atoms with Crippen molar-refractivity contribution in [3.05, 3.63) is 0 Å². The summed E-state index contributed by atoms with van der Waals surface area (Å²) in [6.07, 6.45) is 9.32. The van der Waals surface area contributed by atoms with Crippen molar-refractivity contribution < 1.29 is 19.1 Å². The monoisotopic (exact) mass is 314 g/mol. The summed E-state index contributed by atoms with van der Waals surface area (Å²) >= 11 is 0. The summed E-state index contributed by atoms with van der Waals surface area (Å²) in [4.78, 5) is 23.0. The third kappa shape index (κ3) is 13.9. The molecule has 4 nitrogen and oxygen atoms in total. The smallest absolute Gasteiger partial charge is 0.306 e. The average molecular weight is 314 g/mol. The highest BCUT2D eigenvalue weighted by molar-refractivity contribution is 5.72. The van der Waals surface area contributed by atoms with E-state index in [0.29, 0.717) is 6.42 Å². The summed E-state index contributed by atoms with van der Waals surface area (Å²) in [5.41, 5.74) is 0. The van der Waals surface area contributed by atoms with Gasteiger partial charge in [0.1, 0.15) is 0 Å². The van der Waals surface area contributed by atoms with E-state index in [2.05, 4.69) is 6.92 Å². The normalized spacial score (nSPS) is 12.2. The first-order valence-electron chi connectivity index (χ1n) is 8.84. The van der Waals surface area contributed by atoms with Gasteiger partial charge in [-0.05, 0) is 40.0 Å². The van der Waals surface area contributed by atoms with Crippen LogP contribution in [0.15, 0.2) is 0 Å². The minimum atomic E-state index is -0.247. The van der Waals surface area contributed by atoms with Gasteiger partial charge in [0, 0.05) is 12.8 Å². The Hall–Kier alpha value is -1.06. The zero-order valence-electron chi connectivity index (χ0n) is 14.9. The van der Waals surface area contributed by atoms with Gasteiger partial charge in [-0.15, -0.1) is 0 Å². The van der Waals surface area contributed by atoms with Gasteiger partial charge in [-0.25, -0.2) is 0 Å². The molecule has 0 aromatic carbocycles. The molecule has 130 valence electrons. The molecule has 0 rings (SSSR count). The third-order valence-electron chi connectivity index (χ3n) is 3.43. The first-order valence-corrected chi connectivity index (χ1v) is 8.84. The third-order valence-corrected chi connectivity index (χ3v) is 3.43. The molecule has 0 spiro atoms. The summed E-state index contributed by atoms with van der Waals surface area (Å²) in [6.45, 7) is 7.78. The molecule has 0 N–H and O–H groups in total. The van der Waals surface area contributed by atoms with E-state index in [0.717, 1.165) is 12.8 Å². The summed E-state index contributed by atoms with van der Waals surface area (Å²) in [7, 11) is 0. The molecule has 0 bridgehead atoms. The van der Waals surface area contributed by atoms with Crippen LogP contribution < -0.4 is 0 Å². The maximum Gasteiger partial charge on any atom is 0.306 e. The van der Waals surface area contributed by atoms with Crippen molar-refractivity contribution in [3.8, 4) is 0 Å². The number of unbranched alkanes of at least 4 members (excludes halogenated alkanes) is 5. The second kappa shape index (κ2) is 13.6. The van der Waals surface area contributed by atoms with Gasteiger partial charge in [0.05, 0.1) is 12.2 Å². The molecule has 0 aromatic rings. The van der Waals surface area contributed by atoms with Gasteiger partial charge in [-0.2, -0.15) is 0 Å². The second-order valence-electron chi connectivity index (χ2n) is 6.25. The van der Waals surface area contributed by atoms with Gasteiger partial charge in [-0.3, -0.25) is 9.59 Å². The lowest BCUT2D eigenvalue weighted by atomic mass is 10.1. The highest BCUT2D eigenvalue weighted by atomic mass is 16.5. The highest BCUT2D eigenvalue weighted by Crippen LogP contribution is 2.11. The maximum absolute atomic E-state index is 11.7. The fourth-order valence-electron chi connectivity index (χ4n) is 2.25. The second-order valence-corrected chi connectivity index (χ2v) is 6.25. The van der Waals surface area contributed by atoms with Gasteiger partial charge >= 0.3 is 11.9 Å². The predicted molar refractivity (Wildman–Crippen MR) is 88.6 cm³/mol. The van der Waals surface area contributed by atoms with Crippen molar-refractivity contribution in [2.75, 3.05) is 0 Å². The van der Waals surface area contributed by atoms with E-state index in [1.54, 1.807) is 0 Å². The van der Waals surface area contributed by atoms with Gasteiger partial charge < -0.3 is 9.47 Å². The Morgan fingerprint density at radius 2 is 1.32 bits per heavy atom. The van der Waals surface area contributed by atoms with E-state index in [-0.39, 0.29) is 37.0 Å². The van der Waals surface area contributed by atoms with Crippen LogP contribution in [-0.4, -0.2) is 24.1 Å². The number of rotatable bonds is 13. The zero-order valence-corrected chi connectivity index (χ0v) is 14.9. The van der Waals surface area contributed by atoms with Crippen LogP contribution in [-0.2, 0) is 19.1 Å². The molecule has 0 saturated heterocycles. The van der Waals surface area contributed by atoms with E-state index >= 15 is 0 Å². The van der Waals surface area contributed by atoms with Crippen LogP contribution in [0.2, 0.25) is 0 Å². The van der Waals surface area contributed by atoms with Crippen molar-refractivity contribution >= 4 is 11.9 Å². The van der Waals surface area contributed by atoms with Crippen molar-refractivity contribution in [1.29, 1.82) is 0 Å². The Morgan fingerprint density at radius 1 is 0.773 bits per heavy atom. The molecule has 0 fully saturated rings. The molecule has 0 aromatic heterocycles. The summed E-state index contributed by atoms with van der Waals surface area (Å²) in [5, 5.41) is 0. The highest BCUT2D eigenvalue weighted by Gasteiger charge is 2.11. The molecule has 4 heteroatoms. The number of carbonyl (C=O) groups is 2. The Bertz CT molecular complexity index is 299. The fraction of sp³-hybridized carbons (Fsp3) is 0.889. The van der Waals surface area contributed by atoms with E-state index in [1.807, 2.05) is 20.8 Å². The summed E-state index contributed by atoms with van der Waals surface area (Å²) in [5.74, 6) is -0.459. The van der Waals surface area contributed by atoms with Crippen LogP contribution in [0.3, 0.4) is 0 Å². The van der Waals surface area contributed by atoms with Crippen molar-refractivity contribution in [2.45, 2.75) is 104 Å². The van der Waals surface area contributed by atoms with Crippen LogP contribution in [0.4, 0.5) is 0 Å². The number of carbonyl (C=O) groups excluding carboxylic acids is 2. The van der Waals surface area contributed by atoms with Crippen LogP contribution >= 0.6 is 0 Å². The van der Waals surface area contributed by atoms with E-state index in [9.17, 15) is 9.59 Å². The topological polar surface area (TPSA) is 52.6 Å². The lowest BCUT2D eigenvalue weighted by Gasteiger charge is -2.13. The first kappa shape index (κ1) is 20.9. The fourth-order valence-corrected chi connectivity index (χ4v) is 2.25. The van der Waals surface area contributed by atoms with Gasteiger partial charge in [0.15, 0.2) is 0 Å². The molecule has 22 heavy (non-hydrogen) atoms. The molecule has 0 aliphatic heterocycles. The number of ether oxygens (including phenoxy) is 2. The predicted octanol–water partition coefficient (Wildman–Crippen LogP) is 4.79. The van der Waals surface area contributed by atoms with Gasteiger partial charge in [0.25, 0.3) is 0 Å². The Balaban J connectivity index is 3.55. The summed E-state index contributed by atoms with van der Waals surface area (Å²) < 4.78 is 10.4. The molecule has 0 aliphatic rings. The van der Waals surface area contributed by atoms with E-state index in [1.165, 1.54) is 32.1 Å². The van der Waals surface area contributed by atoms with Gasteiger partial charge in [-0.1, -0.05) is 39.0 Å². The maximum atomic E-state index is 11.7. The van der Waals surface area contributed by atoms with Crippen molar-refractivity contribution in [2.24, 2.45) is 0 Å². The number of hydrogen-bond donors (Lipinski definition) is 0. The summed E-state index contributed by atoms with van der Waals surface area (Å²) in [6, 6.07) is 0. The molecular formula is C18H34O4. The van der Waals surface area contributed by atoms with E-state index in [4.69, 9.17) is 9.47 Å². The Labute approximate surface area is 135 Å². The van der Waals surface area contributed by atoms with Crippen molar-refractivity contribution in [1.82, 2.24) is 0 Å². The minimum Gasteiger partial charge on any atom is -0.463 e. The minimum absolute atomic E-state index is 0.0266. The standard InChI is InChI=1S/C18H34O4/c1-5-6-7-8-9-10-12-16(4)22-18(20)14-11-13-17(19)21-15(2)3/h15-16H,5-14H2,1-4H3. The first-order chi connectivity index (χ1) is 10.5. The van der Waals surface area contributed by atoms with Crippen molar-refractivity contribution in [3.63, 3.8) is 0 Å². The Morgan fingerprint density at radius 3 is 1.91 bits per heavy atom. The zero-order chi connectivity index (χ0) is 16.8. The largest absolute Gasteiger partial charge is 0.463 e. The van der Waals surface area contributed by atoms with Crippen LogP contribution in [0, 0.1) is 0 Å². The molecule has 1 unspecified atom stereocenters. The lowest BCUT2D eigenvalue weighted by Crippen LogP contribution is -2.16. The molecule has 0 amide bonds. The SMILES string of the molecule is CCCCCCCCC(C)OC(=O)CCCC(=O)OC(C)C. The Kier molecular flexibility index (Phi) is 12.9. The van der Waals surface area contributed by atoms with Crippen LogP contribution in [0.25, 0.3) is 0 Å². The number of esters is 2. The molecular weight excluding hydrogens is 280 g/mol. The quantitative estimate of drug-likeness (QED) is 0.362. The van der Waals surface area contributed by atoms with E-state index < -0.39 is 0 Å². The van der Waals surface area contributed by atoms with Gasteiger partial charge in [0.2, 0.25) is 0 Å². The number of hydrogen-bond acceptors (Lipinski definition) is 4. The lowest BCUT2D eigenvalue weighted by molar-refractivity contribution is -0.149. The average Bonchev–Trinajstić information content (AvgIpc) is 2.41. The molecule has 1 atom stereocenters. The molecule has 0 aliphatic carbocycles. The molecule has 0 radical (unpaired) electrons. The molecule has 0 heterocycles. The van der Waals surface area contributed by atoms with Crippen LogP contribution in [0.5, 0.6) is 0 Å². The molecule has 0 saturated carbocycles. The van der Waals surface area contributed by atoms with Crippen LogP contribution in [0.1, 0.15) is 91.9 Å².